The van der Waals surface area contributed by atoms with Crippen molar-refractivity contribution in [2.24, 2.45) is 23.7 Å². The molecule has 1 aromatic heterocycles. The van der Waals surface area contributed by atoms with E-state index < -0.39 is 54.7 Å². The van der Waals surface area contributed by atoms with Crippen molar-refractivity contribution in [2.75, 3.05) is 26.6 Å². The van der Waals surface area contributed by atoms with E-state index in [1.54, 1.807) is 19.1 Å². The maximum atomic E-state index is 15.6. The number of hydrogen-bond acceptors (Lipinski definition) is 12. The van der Waals surface area contributed by atoms with Gasteiger partial charge < -0.3 is 43.8 Å². The summed E-state index contributed by atoms with van der Waals surface area (Å²) in [6.45, 7) is 1.66. The van der Waals surface area contributed by atoms with E-state index in [1.807, 2.05) is 6.92 Å². The molecule has 3 aliphatic heterocycles. The molecule has 4 aromatic carbocycles. The molecule has 2 fully saturated rings. The van der Waals surface area contributed by atoms with Gasteiger partial charge in [-0.1, -0.05) is 105 Å². The van der Waals surface area contributed by atoms with Crippen LogP contribution in [0.3, 0.4) is 0 Å². The van der Waals surface area contributed by atoms with Gasteiger partial charge in [-0.25, -0.2) is 9.59 Å². The van der Waals surface area contributed by atoms with Crippen LogP contribution in [0.2, 0.25) is 0 Å². The molecule has 0 radical (unpaired) electrons. The van der Waals surface area contributed by atoms with E-state index >= 15 is 9.59 Å². The molecule has 2 bridgehead atoms. The van der Waals surface area contributed by atoms with E-state index in [1.165, 1.54) is 53.5 Å². The van der Waals surface area contributed by atoms with Crippen LogP contribution in [0.15, 0.2) is 111 Å². The first-order valence-corrected chi connectivity index (χ1v) is 29.9. The maximum absolute atomic E-state index is 15.6. The minimum atomic E-state index is -1.34. The fraction of sp³-hybridized carbons (Fsp3) is 0.515. The zero-order valence-corrected chi connectivity index (χ0v) is 46.5. The average molecular weight is 1090 g/mol. The second-order valence-corrected chi connectivity index (χ2v) is 24.5. The summed E-state index contributed by atoms with van der Waals surface area (Å²) in [4.78, 5) is 45.2. The molecule has 4 N–H and O–H groups in total. The SMILES string of the molecule is CC(CO)=C1CCc2ccc(cc2)C2C=CC(c3cccc4c3CCC3CCCC5CCc6ccccc6C453)CC2CC(=O)OC2c3c(ccc4c(CO)c(C(CCO)COCO)c(=O)oc34)OC(C)(C3CCCCC3)C2OC1=O. The molecule has 4 heterocycles. The lowest BCUT2D eigenvalue weighted by Crippen LogP contribution is -2.58. The molecule has 0 saturated heterocycles. The largest absolute Gasteiger partial charge is 0.483 e. The van der Waals surface area contributed by atoms with E-state index in [0.717, 1.165) is 62.5 Å². The number of aryl methyl sites for hydroxylation is 2. The van der Waals surface area contributed by atoms with Gasteiger partial charge in [-0.3, -0.25) is 4.79 Å². The third kappa shape index (κ3) is 9.48. The number of hydrogen-bond donors (Lipinski definition) is 4. The number of carbonyl (C=O) groups is 2. The summed E-state index contributed by atoms with van der Waals surface area (Å²) in [6, 6.07) is 28.3. The van der Waals surface area contributed by atoms with Gasteiger partial charge in [0.1, 0.15) is 23.7 Å². The number of benzene rings is 4. The Morgan fingerprint density at radius 3 is 2.29 bits per heavy atom. The van der Waals surface area contributed by atoms with Gasteiger partial charge >= 0.3 is 17.6 Å². The van der Waals surface area contributed by atoms with E-state index in [0.29, 0.717) is 47.0 Å². The van der Waals surface area contributed by atoms with Gasteiger partial charge in [-0.05, 0) is 171 Å². The Labute approximate surface area is 469 Å². The van der Waals surface area contributed by atoms with Crippen molar-refractivity contribution in [3.8, 4) is 5.75 Å². The standard InChI is InChI=1S/C68H78O12/c1-40(36-70)50-27-20-41-18-21-42(22-19-41)51-28-24-44(52-15-9-17-57-53(52)29-26-49-14-8-13-48-25-23-43-10-6-7-16-56(43)68(48,49)57)34-46(51)35-59(73)77-63-61-58(80-67(2,64(63)79-65(50)74)47-11-4-3-5-12-47)31-30-54-55(37-71)60(66(75)78-62(54)61)45(32-33-69)38-76-39-72/h6-7,9-10,15-19,21-22,24,28,30-31,44-49,51,63-64,69-72H,3-5,8,11-14,20,23,25-27,29,32-39H2,1-2H3. The molecule has 8 aliphatic rings. The average Bonchev–Trinajstić information content (AvgIpc) is 2.32. The first-order valence-electron chi connectivity index (χ1n) is 29.9. The van der Waals surface area contributed by atoms with Crippen molar-refractivity contribution in [1.29, 1.82) is 0 Å². The second-order valence-electron chi connectivity index (χ2n) is 24.5. The maximum Gasteiger partial charge on any atom is 0.340 e. The summed E-state index contributed by atoms with van der Waals surface area (Å²) < 4.78 is 32.7. The van der Waals surface area contributed by atoms with Crippen LogP contribution in [-0.4, -0.2) is 70.7 Å². The van der Waals surface area contributed by atoms with Crippen molar-refractivity contribution in [3.05, 3.63) is 168 Å². The van der Waals surface area contributed by atoms with Gasteiger partial charge in [0.05, 0.1) is 25.4 Å². The second kappa shape index (κ2) is 22.8. The fourth-order valence-electron chi connectivity index (χ4n) is 16.7. The van der Waals surface area contributed by atoms with Crippen LogP contribution in [-0.2, 0) is 55.1 Å². The van der Waals surface area contributed by atoms with Crippen molar-refractivity contribution in [1.82, 2.24) is 0 Å². The van der Waals surface area contributed by atoms with Crippen LogP contribution < -0.4 is 10.4 Å². The zero-order chi connectivity index (χ0) is 55.3. The molecule has 10 unspecified atom stereocenters. The number of rotatable bonds is 10. The fourth-order valence-corrected chi connectivity index (χ4v) is 16.7. The Kier molecular flexibility index (Phi) is 15.6. The van der Waals surface area contributed by atoms with Crippen LogP contribution in [0.4, 0.5) is 0 Å². The zero-order valence-electron chi connectivity index (χ0n) is 46.5. The molecule has 2 saturated carbocycles. The number of allylic oxidation sites excluding steroid dienone is 2. The molecule has 12 heteroatoms. The topological polar surface area (TPSA) is 182 Å². The highest BCUT2D eigenvalue weighted by atomic mass is 16.6. The number of carbonyl (C=O) groups excluding carboxylic acids is 2. The molecule has 0 amide bonds. The minimum absolute atomic E-state index is 0.0110. The third-order valence-electron chi connectivity index (χ3n) is 20.5. The Balaban J connectivity index is 0.991. The molecule has 13 rings (SSSR count). The van der Waals surface area contributed by atoms with Crippen LogP contribution in [0.1, 0.15) is 183 Å². The van der Waals surface area contributed by atoms with Crippen molar-refractivity contribution in [3.63, 3.8) is 0 Å². The number of ether oxygens (including phenoxy) is 4. The Morgan fingerprint density at radius 2 is 1.52 bits per heavy atom. The van der Waals surface area contributed by atoms with Gasteiger partial charge in [-0.2, -0.15) is 0 Å². The molecule has 12 nitrogen and oxygen atoms in total. The van der Waals surface area contributed by atoms with Crippen LogP contribution in [0, 0.1) is 23.7 Å². The Morgan fingerprint density at radius 1 is 0.762 bits per heavy atom. The van der Waals surface area contributed by atoms with Crippen molar-refractivity contribution in [2.45, 2.75) is 171 Å². The first-order chi connectivity index (χ1) is 39.0. The number of esters is 2. The van der Waals surface area contributed by atoms with Crippen LogP contribution in [0.5, 0.6) is 5.75 Å². The molecule has 422 valence electrons. The third-order valence-corrected chi connectivity index (χ3v) is 20.5. The monoisotopic (exact) mass is 1090 g/mol. The molecule has 5 aromatic rings. The molecule has 1 spiro atoms. The lowest BCUT2D eigenvalue weighted by molar-refractivity contribution is -0.201. The van der Waals surface area contributed by atoms with E-state index in [4.69, 9.17) is 23.4 Å². The highest BCUT2D eigenvalue weighted by Gasteiger charge is 2.58. The molecular formula is C68H78O12. The Bertz CT molecular complexity index is 3250. The summed E-state index contributed by atoms with van der Waals surface area (Å²) in [5.74, 6) is -0.842. The number of aliphatic hydroxyl groups excluding tert-OH is 4. The lowest BCUT2D eigenvalue weighted by atomic mass is 9.46. The summed E-state index contributed by atoms with van der Waals surface area (Å²) in [6.07, 6.45) is 16.4. The Hall–Kier alpha value is -5.89. The predicted molar refractivity (Wildman–Crippen MR) is 303 cm³/mol. The number of fused-ring (bicyclic) bond motifs is 13. The van der Waals surface area contributed by atoms with Crippen LogP contribution >= 0.6 is 0 Å². The van der Waals surface area contributed by atoms with Gasteiger partial charge in [0.25, 0.3) is 0 Å². The smallest absolute Gasteiger partial charge is 0.340 e. The quantitative estimate of drug-likeness (QED) is 0.0342. The van der Waals surface area contributed by atoms with Gasteiger partial charge in [0.2, 0.25) is 0 Å². The first kappa shape index (κ1) is 54.7. The predicted octanol–water partition coefficient (Wildman–Crippen LogP) is 11.3. The van der Waals surface area contributed by atoms with Crippen LogP contribution in [0.25, 0.3) is 11.0 Å². The van der Waals surface area contributed by atoms with E-state index in [2.05, 4.69) is 78.9 Å². The van der Waals surface area contributed by atoms with Gasteiger partial charge in [0.15, 0.2) is 12.2 Å². The van der Waals surface area contributed by atoms with E-state index in [-0.39, 0.29) is 90.4 Å². The highest BCUT2D eigenvalue weighted by Crippen LogP contribution is 2.62. The van der Waals surface area contributed by atoms with E-state index in [9.17, 15) is 25.2 Å². The summed E-state index contributed by atoms with van der Waals surface area (Å²) in [5, 5.41) is 41.8. The minimum Gasteiger partial charge on any atom is -0.483 e. The molecular weight excluding hydrogens is 1010 g/mol. The summed E-state index contributed by atoms with van der Waals surface area (Å²) in [7, 11) is 0. The van der Waals surface area contributed by atoms with Crippen molar-refractivity contribution < 1.29 is 53.4 Å². The molecule has 5 aliphatic carbocycles. The molecule has 10 atom stereocenters. The normalized spacial score (nSPS) is 29.6. The number of aliphatic hydroxyl groups is 4. The van der Waals surface area contributed by atoms with Gasteiger partial charge in [-0.15, -0.1) is 0 Å². The van der Waals surface area contributed by atoms with Crippen molar-refractivity contribution >= 4 is 22.9 Å². The highest BCUT2D eigenvalue weighted by molar-refractivity contribution is 5.90. The summed E-state index contributed by atoms with van der Waals surface area (Å²) >= 11 is 0. The summed E-state index contributed by atoms with van der Waals surface area (Å²) in [5.41, 5.74) is 8.74. The lowest BCUT2D eigenvalue weighted by Gasteiger charge is -2.57. The molecule has 80 heavy (non-hydrogen) atoms. The van der Waals surface area contributed by atoms with Gasteiger partial charge in [0, 0.05) is 58.6 Å².